The van der Waals surface area contributed by atoms with Gasteiger partial charge in [-0.25, -0.2) is 10.1 Å². The third-order valence-electron chi connectivity index (χ3n) is 0.561. The molecule has 1 unspecified atom stereocenters. The Bertz CT molecular complexity index is 60.2. The van der Waals surface area contributed by atoms with Crippen molar-refractivity contribution in [3.63, 3.8) is 0 Å². The summed E-state index contributed by atoms with van der Waals surface area (Å²) in [5, 5.41) is 18.8. The van der Waals surface area contributed by atoms with Crippen LogP contribution in [0.4, 0.5) is 0 Å². The fourth-order valence-electron chi connectivity index (χ4n) is 0.176. The third-order valence-corrected chi connectivity index (χ3v) is 1.32. The van der Waals surface area contributed by atoms with Gasteiger partial charge >= 0.3 is 0 Å². The Balaban J connectivity index is 2.88. The van der Waals surface area contributed by atoms with Crippen LogP contribution in [0.2, 0.25) is 0 Å². The normalized spacial score (nSPS) is 13.7. The molecule has 2 N–H and O–H groups in total. The Labute approximate surface area is 56.5 Å². The van der Waals surface area contributed by atoms with Crippen LogP contribution >= 0.6 is 12.0 Å². The molecule has 0 amide bonds. The van der Waals surface area contributed by atoms with E-state index >= 15 is 0 Å². The Kier molecular flexibility index (Phi) is 6.38. The highest BCUT2D eigenvalue weighted by molar-refractivity contribution is 7.94. The van der Waals surface area contributed by atoms with Gasteiger partial charge in [-0.1, -0.05) is 5.04 Å². The minimum absolute atomic E-state index is 0.342. The molecule has 5 nitrogen and oxygen atoms in total. The maximum absolute atomic E-state index is 7.96. The van der Waals surface area contributed by atoms with Gasteiger partial charge in [-0.15, -0.1) is 4.33 Å². The maximum atomic E-state index is 7.96. The molecule has 0 heterocycles. The minimum Gasteiger partial charge on any atom is -0.252 e. The van der Waals surface area contributed by atoms with Gasteiger partial charge in [0.2, 0.25) is 0 Å². The predicted molar refractivity (Wildman–Crippen MR) is 30.4 cm³/mol. The van der Waals surface area contributed by atoms with Gasteiger partial charge in [-0.3, -0.25) is 5.26 Å². The molecule has 6 heteroatoms. The topological polar surface area (TPSA) is 68.2 Å². The van der Waals surface area contributed by atoms with E-state index in [1.54, 1.807) is 6.92 Å². The van der Waals surface area contributed by atoms with Crippen LogP contribution in [0.3, 0.4) is 0 Å². The van der Waals surface area contributed by atoms with Crippen LogP contribution in [0.25, 0.3) is 0 Å². The molecule has 1 atom stereocenters. The van der Waals surface area contributed by atoms with Gasteiger partial charge in [-0.2, -0.15) is 0 Å². The molecule has 0 aliphatic carbocycles. The lowest BCUT2D eigenvalue weighted by Crippen LogP contribution is -2.08. The van der Waals surface area contributed by atoms with Gasteiger partial charge in [0, 0.05) is 12.0 Å². The van der Waals surface area contributed by atoms with E-state index in [0.717, 1.165) is 12.0 Å². The van der Waals surface area contributed by atoms with E-state index in [1.807, 2.05) is 0 Å². The zero-order valence-corrected chi connectivity index (χ0v) is 5.63. The lowest BCUT2D eigenvalue weighted by molar-refractivity contribution is -0.432. The van der Waals surface area contributed by atoms with Crippen molar-refractivity contribution in [3.05, 3.63) is 0 Å². The van der Waals surface area contributed by atoms with E-state index in [-0.39, 0.29) is 6.10 Å². The molecule has 0 bridgehead atoms. The first kappa shape index (κ1) is 9.15. The summed E-state index contributed by atoms with van der Waals surface area (Å²) in [5.41, 5.74) is 0. The molecule has 0 aliphatic rings. The Morgan fingerprint density at radius 2 is 2.22 bits per heavy atom. The molecule has 56 valence electrons. The summed E-state index contributed by atoms with van der Waals surface area (Å²) in [6, 6.07) is 0. The molecule has 0 rings (SSSR count). The first-order valence-electron chi connectivity index (χ1n) is 2.21. The maximum Gasteiger partial charge on any atom is 0.101 e. The summed E-state index contributed by atoms with van der Waals surface area (Å²) in [6.07, 6.45) is -0.342. The van der Waals surface area contributed by atoms with Crippen molar-refractivity contribution < 1.29 is 24.8 Å². The second-order valence-corrected chi connectivity index (χ2v) is 2.05. The molecule has 0 fully saturated rings. The molecular weight excluding hydrogens is 148 g/mol. The number of rotatable bonds is 5. The zero-order valence-electron chi connectivity index (χ0n) is 4.81. The van der Waals surface area contributed by atoms with Gasteiger partial charge in [0.25, 0.3) is 0 Å². The van der Waals surface area contributed by atoms with Crippen LogP contribution in [0.1, 0.15) is 6.92 Å². The molecule has 0 aromatic carbocycles. The summed E-state index contributed by atoms with van der Waals surface area (Å²) >= 11 is 0.829. The van der Waals surface area contributed by atoms with E-state index in [9.17, 15) is 0 Å². The van der Waals surface area contributed by atoms with Gasteiger partial charge in [-0.05, 0) is 6.92 Å². The van der Waals surface area contributed by atoms with Crippen molar-refractivity contribution in [2.45, 2.75) is 13.0 Å². The SMILES string of the molecule is CC(CSOOO)OO. The summed E-state index contributed by atoms with van der Waals surface area (Å²) in [7, 11) is 0. The fourth-order valence-corrected chi connectivity index (χ4v) is 0.527. The van der Waals surface area contributed by atoms with E-state index in [4.69, 9.17) is 10.5 Å². The molecule has 0 aromatic heterocycles. The monoisotopic (exact) mass is 156 g/mol. The standard InChI is InChI=1S/C3H8O5S/c1-3(6-4)2-9-8-7-5/h3-5H,2H2,1H3. The number of hydrogen-bond donors (Lipinski definition) is 2. The van der Waals surface area contributed by atoms with Crippen LogP contribution in [0, 0.1) is 0 Å². The molecule has 0 aliphatic heterocycles. The smallest absolute Gasteiger partial charge is 0.101 e. The van der Waals surface area contributed by atoms with Crippen LogP contribution in [0.5, 0.6) is 0 Å². The van der Waals surface area contributed by atoms with Crippen LogP contribution in [0.15, 0.2) is 0 Å². The zero-order chi connectivity index (χ0) is 7.11. The van der Waals surface area contributed by atoms with Gasteiger partial charge in [0.1, 0.15) is 6.10 Å². The second-order valence-electron chi connectivity index (χ2n) is 1.34. The largest absolute Gasteiger partial charge is 0.252 e. The number of hydrogen-bond acceptors (Lipinski definition) is 6. The highest BCUT2D eigenvalue weighted by Crippen LogP contribution is 2.05. The molecule has 0 saturated heterocycles. The van der Waals surface area contributed by atoms with Crippen molar-refractivity contribution in [2.75, 3.05) is 5.75 Å². The van der Waals surface area contributed by atoms with Gasteiger partial charge in [0.05, 0.1) is 5.75 Å². The Morgan fingerprint density at radius 1 is 1.56 bits per heavy atom. The molecule has 0 radical (unpaired) electrons. The fraction of sp³-hybridized carbons (Fsp3) is 1.00. The van der Waals surface area contributed by atoms with Crippen molar-refractivity contribution in [3.8, 4) is 0 Å². The van der Waals surface area contributed by atoms with Crippen molar-refractivity contribution in [1.29, 1.82) is 0 Å². The average Bonchev–Trinajstić information content (AvgIpc) is 1.89. The first-order valence-corrected chi connectivity index (χ1v) is 3.12. The highest BCUT2D eigenvalue weighted by atomic mass is 32.2. The van der Waals surface area contributed by atoms with Crippen molar-refractivity contribution in [1.82, 2.24) is 0 Å². The molecular formula is C3H8O5S. The molecule has 0 saturated carbocycles. The van der Waals surface area contributed by atoms with Crippen LogP contribution in [-0.4, -0.2) is 22.4 Å². The lowest BCUT2D eigenvalue weighted by Gasteiger charge is -2.02. The van der Waals surface area contributed by atoms with E-state index in [1.165, 1.54) is 0 Å². The summed E-state index contributed by atoms with van der Waals surface area (Å²) < 4.78 is 3.99. The Morgan fingerprint density at radius 3 is 2.67 bits per heavy atom. The summed E-state index contributed by atoms with van der Waals surface area (Å²) in [5.74, 6) is 0.372. The molecule has 0 spiro atoms. The van der Waals surface area contributed by atoms with Gasteiger partial charge in [0.15, 0.2) is 0 Å². The quantitative estimate of drug-likeness (QED) is 0.267. The molecule has 9 heavy (non-hydrogen) atoms. The second kappa shape index (κ2) is 6.27. The predicted octanol–water partition coefficient (Wildman–Crippen LogP) is 0.934. The van der Waals surface area contributed by atoms with Gasteiger partial charge < -0.3 is 0 Å². The molecule has 0 aromatic rings. The van der Waals surface area contributed by atoms with E-state index in [2.05, 4.69) is 14.3 Å². The van der Waals surface area contributed by atoms with E-state index in [0.29, 0.717) is 5.75 Å². The minimum atomic E-state index is -0.342. The van der Waals surface area contributed by atoms with Crippen molar-refractivity contribution >= 4 is 12.0 Å². The van der Waals surface area contributed by atoms with Crippen LogP contribution < -0.4 is 0 Å². The van der Waals surface area contributed by atoms with Crippen LogP contribution in [-0.2, 0) is 14.3 Å². The van der Waals surface area contributed by atoms with Crippen molar-refractivity contribution in [2.24, 2.45) is 0 Å². The summed E-state index contributed by atoms with van der Waals surface area (Å²) in [4.78, 5) is 3.86. The summed E-state index contributed by atoms with van der Waals surface area (Å²) in [6.45, 7) is 1.63. The third kappa shape index (κ3) is 6.03. The highest BCUT2D eigenvalue weighted by Gasteiger charge is 2.00. The average molecular weight is 156 g/mol. The Hall–Kier alpha value is 0.150. The lowest BCUT2D eigenvalue weighted by atomic mass is 10.5. The first-order chi connectivity index (χ1) is 4.31. The van der Waals surface area contributed by atoms with E-state index < -0.39 is 0 Å².